The molecule has 1 saturated heterocycles. The molecule has 6 heteroatoms. The Kier molecular flexibility index (Phi) is 3.56. The summed E-state index contributed by atoms with van der Waals surface area (Å²) in [6, 6.07) is 1.53. The molecular formula is C12H13F3N2O. The molecule has 1 aliphatic rings. The molecule has 1 aromatic carbocycles. The van der Waals surface area contributed by atoms with Gasteiger partial charge in [-0.05, 0) is 19.0 Å². The van der Waals surface area contributed by atoms with Crippen molar-refractivity contribution in [1.82, 2.24) is 5.32 Å². The summed E-state index contributed by atoms with van der Waals surface area (Å²) >= 11 is 0. The molecule has 2 N–H and O–H groups in total. The SMILES string of the molecule is CC(C(=O)Nc1cc(F)c(F)c(F)c1)C1CNC1. The van der Waals surface area contributed by atoms with Crippen molar-refractivity contribution in [2.75, 3.05) is 18.4 Å². The van der Waals surface area contributed by atoms with Crippen molar-refractivity contribution in [3.8, 4) is 0 Å². The van der Waals surface area contributed by atoms with Crippen LogP contribution in [0.1, 0.15) is 6.92 Å². The van der Waals surface area contributed by atoms with E-state index in [0.717, 1.165) is 25.2 Å². The molecule has 98 valence electrons. The van der Waals surface area contributed by atoms with Crippen LogP contribution in [0, 0.1) is 29.3 Å². The fourth-order valence-corrected chi connectivity index (χ4v) is 1.76. The molecule has 1 unspecified atom stereocenters. The van der Waals surface area contributed by atoms with E-state index in [0.29, 0.717) is 0 Å². The summed E-state index contributed by atoms with van der Waals surface area (Å²) < 4.78 is 38.6. The Morgan fingerprint density at radius 1 is 1.33 bits per heavy atom. The highest BCUT2D eigenvalue weighted by atomic mass is 19.2. The zero-order valence-electron chi connectivity index (χ0n) is 9.77. The summed E-state index contributed by atoms with van der Waals surface area (Å²) in [5.74, 6) is -4.54. The minimum absolute atomic E-state index is 0.0736. The van der Waals surface area contributed by atoms with Gasteiger partial charge in [-0.3, -0.25) is 4.79 Å². The van der Waals surface area contributed by atoms with E-state index in [1.54, 1.807) is 6.92 Å². The average Bonchev–Trinajstić information content (AvgIpc) is 2.23. The van der Waals surface area contributed by atoms with Gasteiger partial charge in [0.15, 0.2) is 17.5 Å². The molecule has 1 atom stereocenters. The quantitative estimate of drug-likeness (QED) is 0.813. The van der Waals surface area contributed by atoms with Crippen molar-refractivity contribution in [3.05, 3.63) is 29.6 Å². The molecule has 1 amide bonds. The van der Waals surface area contributed by atoms with Gasteiger partial charge in [-0.1, -0.05) is 6.92 Å². The van der Waals surface area contributed by atoms with Gasteiger partial charge >= 0.3 is 0 Å². The van der Waals surface area contributed by atoms with Crippen LogP contribution in [0.3, 0.4) is 0 Å². The van der Waals surface area contributed by atoms with Crippen LogP contribution in [0.25, 0.3) is 0 Å². The predicted molar refractivity (Wildman–Crippen MR) is 60.5 cm³/mol. The first-order valence-corrected chi connectivity index (χ1v) is 5.65. The van der Waals surface area contributed by atoms with Crippen molar-refractivity contribution in [1.29, 1.82) is 0 Å². The first-order chi connectivity index (χ1) is 8.49. The van der Waals surface area contributed by atoms with Crippen LogP contribution >= 0.6 is 0 Å². The number of carbonyl (C=O) groups excluding carboxylic acids is 1. The molecule has 0 bridgehead atoms. The number of hydrogen-bond donors (Lipinski definition) is 2. The van der Waals surface area contributed by atoms with Crippen LogP contribution in [0.2, 0.25) is 0 Å². The van der Waals surface area contributed by atoms with E-state index in [4.69, 9.17) is 0 Å². The number of benzene rings is 1. The van der Waals surface area contributed by atoms with Gasteiger partial charge < -0.3 is 10.6 Å². The van der Waals surface area contributed by atoms with Crippen LogP contribution in [0.5, 0.6) is 0 Å². The number of amides is 1. The van der Waals surface area contributed by atoms with Gasteiger partial charge in [0.05, 0.1) is 0 Å². The molecule has 1 aliphatic heterocycles. The highest BCUT2D eigenvalue weighted by molar-refractivity contribution is 5.92. The Morgan fingerprint density at radius 2 is 1.89 bits per heavy atom. The zero-order chi connectivity index (χ0) is 13.3. The smallest absolute Gasteiger partial charge is 0.227 e. The van der Waals surface area contributed by atoms with Crippen LogP contribution in [-0.2, 0) is 4.79 Å². The normalized spacial score (nSPS) is 17.1. The number of rotatable bonds is 3. The summed E-state index contributed by atoms with van der Waals surface area (Å²) in [6.07, 6.45) is 0. The van der Waals surface area contributed by atoms with Gasteiger partial charge in [-0.25, -0.2) is 13.2 Å². The number of halogens is 3. The highest BCUT2D eigenvalue weighted by Crippen LogP contribution is 2.21. The minimum Gasteiger partial charge on any atom is -0.326 e. The van der Waals surface area contributed by atoms with Crippen LogP contribution in [-0.4, -0.2) is 19.0 Å². The molecule has 0 spiro atoms. The number of hydrogen-bond acceptors (Lipinski definition) is 2. The van der Waals surface area contributed by atoms with Gasteiger partial charge in [0.2, 0.25) is 5.91 Å². The fourth-order valence-electron chi connectivity index (χ4n) is 1.76. The van der Waals surface area contributed by atoms with E-state index in [1.807, 2.05) is 0 Å². The first kappa shape index (κ1) is 12.9. The number of nitrogens with one attached hydrogen (secondary N) is 2. The molecule has 0 aromatic heterocycles. The molecule has 18 heavy (non-hydrogen) atoms. The number of carbonyl (C=O) groups is 1. The molecule has 0 saturated carbocycles. The standard InChI is InChI=1S/C12H13F3N2O/c1-6(7-4-16-5-7)12(18)17-8-2-9(13)11(15)10(14)3-8/h2-3,6-7,16H,4-5H2,1H3,(H,17,18). The topological polar surface area (TPSA) is 41.1 Å². The van der Waals surface area contributed by atoms with Gasteiger partial charge in [0, 0.05) is 23.7 Å². The summed E-state index contributed by atoms with van der Waals surface area (Å²) in [4.78, 5) is 11.8. The Morgan fingerprint density at radius 3 is 2.33 bits per heavy atom. The summed E-state index contributed by atoms with van der Waals surface area (Å²) in [6.45, 7) is 3.25. The van der Waals surface area contributed by atoms with E-state index in [2.05, 4.69) is 10.6 Å². The summed E-state index contributed by atoms with van der Waals surface area (Å²) in [7, 11) is 0. The van der Waals surface area contributed by atoms with Crippen LogP contribution in [0.15, 0.2) is 12.1 Å². The Labute approximate surface area is 102 Å². The molecule has 3 nitrogen and oxygen atoms in total. The average molecular weight is 258 g/mol. The molecule has 2 rings (SSSR count). The zero-order valence-corrected chi connectivity index (χ0v) is 9.77. The maximum Gasteiger partial charge on any atom is 0.227 e. The Balaban J connectivity index is 2.06. The van der Waals surface area contributed by atoms with Crippen molar-refractivity contribution in [2.24, 2.45) is 11.8 Å². The molecule has 0 radical (unpaired) electrons. The van der Waals surface area contributed by atoms with Crippen molar-refractivity contribution in [3.63, 3.8) is 0 Å². The van der Waals surface area contributed by atoms with Crippen LogP contribution in [0.4, 0.5) is 18.9 Å². The molecule has 1 aromatic rings. The predicted octanol–water partition coefficient (Wildman–Crippen LogP) is 1.90. The molecule has 1 heterocycles. The lowest BCUT2D eigenvalue weighted by Gasteiger charge is -2.31. The number of anilines is 1. The second kappa shape index (κ2) is 4.97. The third kappa shape index (κ3) is 2.48. The summed E-state index contributed by atoms with van der Waals surface area (Å²) in [5, 5.41) is 5.42. The summed E-state index contributed by atoms with van der Waals surface area (Å²) in [5.41, 5.74) is -0.0736. The van der Waals surface area contributed by atoms with Crippen LogP contribution < -0.4 is 10.6 Å². The monoisotopic (exact) mass is 258 g/mol. The Bertz CT molecular complexity index is 451. The third-order valence-corrected chi connectivity index (χ3v) is 3.19. The van der Waals surface area contributed by atoms with Gasteiger partial charge in [-0.15, -0.1) is 0 Å². The van der Waals surface area contributed by atoms with Gasteiger partial charge in [0.1, 0.15) is 0 Å². The van der Waals surface area contributed by atoms with E-state index in [1.165, 1.54) is 0 Å². The van der Waals surface area contributed by atoms with Gasteiger partial charge in [0.25, 0.3) is 0 Å². The minimum atomic E-state index is -1.54. The largest absolute Gasteiger partial charge is 0.326 e. The second-order valence-electron chi connectivity index (χ2n) is 4.45. The van der Waals surface area contributed by atoms with Gasteiger partial charge in [-0.2, -0.15) is 0 Å². The lowest BCUT2D eigenvalue weighted by atomic mass is 9.88. The Hall–Kier alpha value is -1.56. The van der Waals surface area contributed by atoms with Crippen molar-refractivity contribution >= 4 is 11.6 Å². The third-order valence-electron chi connectivity index (χ3n) is 3.19. The van der Waals surface area contributed by atoms with E-state index in [9.17, 15) is 18.0 Å². The van der Waals surface area contributed by atoms with Crippen molar-refractivity contribution in [2.45, 2.75) is 6.92 Å². The van der Waals surface area contributed by atoms with E-state index >= 15 is 0 Å². The lowest BCUT2D eigenvalue weighted by Crippen LogP contribution is -2.48. The fraction of sp³-hybridized carbons (Fsp3) is 0.417. The lowest BCUT2D eigenvalue weighted by molar-refractivity contribution is -0.121. The van der Waals surface area contributed by atoms with E-state index in [-0.39, 0.29) is 23.4 Å². The van der Waals surface area contributed by atoms with E-state index < -0.39 is 17.5 Å². The molecular weight excluding hydrogens is 245 g/mol. The maximum absolute atomic E-state index is 13.0. The molecule has 1 fully saturated rings. The van der Waals surface area contributed by atoms with Crippen molar-refractivity contribution < 1.29 is 18.0 Å². The first-order valence-electron chi connectivity index (χ1n) is 5.65. The molecule has 0 aliphatic carbocycles. The maximum atomic E-state index is 13.0. The highest BCUT2D eigenvalue weighted by Gasteiger charge is 2.28. The second-order valence-corrected chi connectivity index (χ2v) is 4.45.